The van der Waals surface area contributed by atoms with E-state index in [0.717, 1.165) is 25.1 Å². The SMILES string of the molecule is CNC1CCN(CC(=O)NC(C)c2ccc(F)cc2)C1. The van der Waals surface area contributed by atoms with Crippen LogP contribution in [0.3, 0.4) is 0 Å². The van der Waals surface area contributed by atoms with Gasteiger partial charge in [0.05, 0.1) is 12.6 Å². The van der Waals surface area contributed by atoms with Crippen LogP contribution >= 0.6 is 0 Å². The lowest BCUT2D eigenvalue weighted by Gasteiger charge is -2.19. The van der Waals surface area contributed by atoms with Crippen LogP contribution in [-0.4, -0.2) is 43.5 Å². The lowest BCUT2D eigenvalue weighted by Crippen LogP contribution is -2.38. The first kappa shape index (κ1) is 14.9. The first-order chi connectivity index (χ1) is 9.58. The van der Waals surface area contributed by atoms with Gasteiger partial charge in [-0.2, -0.15) is 0 Å². The standard InChI is InChI=1S/C15H22FN3O/c1-11(12-3-5-13(16)6-4-12)18-15(20)10-19-8-7-14(9-19)17-2/h3-6,11,14,17H,7-10H2,1-2H3,(H,18,20). The first-order valence-electron chi connectivity index (χ1n) is 7.03. The highest BCUT2D eigenvalue weighted by Gasteiger charge is 2.23. The number of hydrogen-bond acceptors (Lipinski definition) is 3. The summed E-state index contributed by atoms with van der Waals surface area (Å²) in [6, 6.07) is 6.61. The first-order valence-corrected chi connectivity index (χ1v) is 7.03. The average molecular weight is 279 g/mol. The van der Waals surface area contributed by atoms with E-state index in [1.807, 2.05) is 14.0 Å². The molecule has 2 N–H and O–H groups in total. The highest BCUT2D eigenvalue weighted by molar-refractivity contribution is 5.78. The summed E-state index contributed by atoms with van der Waals surface area (Å²) in [5.74, 6) is -0.249. The molecule has 5 heteroatoms. The van der Waals surface area contributed by atoms with Gasteiger partial charge in [-0.05, 0) is 38.1 Å². The van der Waals surface area contributed by atoms with Gasteiger partial charge in [-0.25, -0.2) is 4.39 Å². The summed E-state index contributed by atoms with van der Waals surface area (Å²) in [5, 5.41) is 6.18. The molecule has 2 unspecified atom stereocenters. The zero-order valence-corrected chi connectivity index (χ0v) is 12.0. The number of amides is 1. The Morgan fingerprint density at radius 3 is 2.75 bits per heavy atom. The number of benzene rings is 1. The van der Waals surface area contributed by atoms with Crippen LogP contribution in [-0.2, 0) is 4.79 Å². The second-order valence-electron chi connectivity index (χ2n) is 5.35. The molecule has 1 fully saturated rings. The Kier molecular flexibility index (Phi) is 5.09. The van der Waals surface area contributed by atoms with Gasteiger partial charge in [0.15, 0.2) is 0 Å². The van der Waals surface area contributed by atoms with Crippen molar-refractivity contribution in [2.75, 3.05) is 26.7 Å². The second-order valence-corrected chi connectivity index (χ2v) is 5.35. The van der Waals surface area contributed by atoms with E-state index >= 15 is 0 Å². The van der Waals surface area contributed by atoms with Crippen LogP contribution in [0.15, 0.2) is 24.3 Å². The van der Waals surface area contributed by atoms with Crippen LogP contribution in [0.1, 0.15) is 24.9 Å². The molecule has 20 heavy (non-hydrogen) atoms. The molecule has 2 atom stereocenters. The van der Waals surface area contributed by atoms with E-state index in [9.17, 15) is 9.18 Å². The molecule has 1 aromatic rings. The van der Waals surface area contributed by atoms with Gasteiger partial charge in [0.2, 0.25) is 5.91 Å². The van der Waals surface area contributed by atoms with Gasteiger partial charge in [-0.15, -0.1) is 0 Å². The number of carbonyl (C=O) groups is 1. The van der Waals surface area contributed by atoms with Crippen LogP contribution in [0.5, 0.6) is 0 Å². The summed E-state index contributed by atoms with van der Waals surface area (Å²) >= 11 is 0. The highest BCUT2D eigenvalue weighted by Crippen LogP contribution is 2.13. The van der Waals surface area contributed by atoms with Gasteiger partial charge < -0.3 is 10.6 Å². The van der Waals surface area contributed by atoms with Crippen molar-refractivity contribution in [3.05, 3.63) is 35.6 Å². The van der Waals surface area contributed by atoms with Crippen molar-refractivity contribution < 1.29 is 9.18 Å². The Labute approximate surface area is 119 Å². The molecule has 4 nitrogen and oxygen atoms in total. The maximum atomic E-state index is 12.9. The Balaban J connectivity index is 1.81. The van der Waals surface area contributed by atoms with Crippen molar-refractivity contribution in [1.29, 1.82) is 0 Å². The van der Waals surface area contributed by atoms with E-state index in [0.29, 0.717) is 12.6 Å². The van der Waals surface area contributed by atoms with Crippen LogP contribution in [0, 0.1) is 5.82 Å². The lowest BCUT2D eigenvalue weighted by atomic mass is 10.1. The average Bonchev–Trinajstić information content (AvgIpc) is 2.86. The monoisotopic (exact) mass is 279 g/mol. The van der Waals surface area contributed by atoms with Gasteiger partial charge in [0.1, 0.15) is 5.82 Å². The minimum atomic E-state index is -0.262. The van der Waals surface area contributed by atoms with Crippen molar-refractivity contribution in [2.45, 2.75) is 25.4 Å². The van der Waals surface area contributed by atoms with Crippen LogP contribution in [0.4, 0.5) is 4.39 Å². The molecule has 1 amide bonds. The highest BCUT2D eigenvalue weighted by atomic mass is 19.1. The number of rotatable bonds is 5. The third-order valence-corrected chi connectivity index (χ3v) is 3.80. The topological polar surface area (TPSA) is 44.4 Å². The molecule has 1 heterocycles. The molecule has 1 aromatic carbocycles. The summed E-state index contributed by atoms with van der Waals surface area (Å²) < 4.78 is 12.9. The van der Waals surface area contributed by atoms with E-state index in [4.69, 9.17) is 0 Å². The fourth-order valence-electron chi connectivity index (χ4n) is 2.54. The molecule has 0 bridgehead atoms. The van der Waals surface area contributed by atoms with E-state index in [1.165, 1.54) is 12.1 Å². The molecule has 110 valence electrons. The molecule has 1 saturated heterocycles. The molecular weight excluding hydrogens is 257 g/mol. The molecule has 0 aromatic heterocycles. The maximum Gasteiger partial charge on any atom is 0.234 e. The van der Waals surface area contributed by atoms with Gasteiger partial charge >= 0.3 is 0 Å². The van der Waals surface area contributed by atoms with Crippen LogP contribution in [0.25, 0.3) is 0 Å². The zero-order valence-electron chi connectivity index (χ0n) is 12.0. The number of carbonyl (C=O) groups excluding carboxylic acids is 1. The van der Waals surface area contributed by atoms with Crippen LogP contribution < -0.4 is 10.6 Å². The normalized spacial score (nSPS) is 20.9. The van der Waals surface area contributed by atoms with E-state index in [-0.39, 0.29) is 17.8 Å². The Morgan fingerprint density at radius 2 is 2.15 bits per heavy atom. The van der Waals surface area contributed by atoms with Crippen molar-refractivity contribution in [1.82, 2.24) is 15.5 Å². The van der Waals surface area contributed by atoms with Crippen LogP contribution in [0.2, 0.25) is 0 Å². The minimum Gasteiger partial charge on any atom is -0.348 e. The number of likely N-dealkylation sites (N-methyl/N-ethyl adjacent to an activating group) is 1. The second kappa shape index (κ2) is 6.81. The van der Waals surface area contributed by atoms with Crippen molar-refractivity contribution in [3.63, 3.8) is 0 Å². The fraction of sp³-hybridized carbons (Fsp3) is 0.533. The third kappa shape index (κ3) is 4.02. The Bertz CT molecular complexity index is 449. The predicted octanol–water partition coefficient (Wildman–Crippen LogP) is 1.30. The summed E-state index contributed by atoms with van der Waals surface area (Å²) in [5.41, 5.74) is 0.911. The van der Waals surface area contributed by atoms with Gasteiger partial charge in [-0.3, -0.25) is 9.69 Å². The van der Waals surface area contributed by atoms with Crippen molar-refractivity contribution in [2.24, 2.45) is 0 Å². The van der Waals surface area contributed by atoms with Crippen molar-refractivity contribution in [3.8, 4) is 0 Å². The van der Waals surface area contributed by atoms with Gasteiger partial charge in [0.25, 0.3) is 0 Å². The van der Waals surface area contributed by atoms with Gasteiger partial charge in [0, 0.05) is 19.1 Å². The number of hydrogen-bond donors (Lipinski definition) is 2. The molecule has 0 spiro atoms. The molecule has 1 aliphatic rings. The van der Waals surface area contributed by atoms with Crippen molar-refractivity contribution >= 4 is 5.91 Å². The van der Waals surface area contributed by atoms with Gasteiger partial charge in [-0.1, -0.05) is 12.1 Å². The molecule has 2 rings (SSSR count). The summed E-state index contributed by atoms with van der Waals surface area (Å²) in [6.07, 6.45) is 1.08. The summed E-state index contributed by atoms with van der Waals surface area (Å²) in [6.45, 7) is 4.19. The maximum absolute atomic E-state index is 12.9. The molecule has 1 aliphatic heterocycles. The molecule has 0 aliphatic carbocycles. The summed E-state index contributed by atoms with van der Waals surface area (Å²) in [7, 11) is 1.95. The fourth-order valence-corrected chi connectivity index (χ4v) is 2.54. The Morgan fingerprint density at radius 1 is 1.45 bits per heavy atom. The smallest absolute Gasteiger partial charge is 0.234 e. The number of halogens is 1. The number of nitrogens with one attached hydrogen (secondary N) is 2. The number of likely N-dealkylation sites (tertiary alicyclic amines) is 1. The van der Waals surface area contributed by atoms with E-state index in [2.05, 4.69) is 15.5 Å². The molecule has 0 radical (unpaired) electrons. The molecular formula is C15H22FN3O. The number of nitrogens with zero attached hydrogens (tertiary/aromatic N) is 1. The Hall–Kier alpha value is -1.46. The quantitative estimate of drug-likeness (QED) is 0.854. The minimum absolute atomic E-state index is 0.0126. The third-order valence-electron chi connectivity index (χ3n) is 3.80. The predicted molar refractivity (Wildman–Crippen MR) is 76.9 cm³/mol. The molecule has 0 saturated carbocycles. The van der Waals surface area contributed by atoms with E-state index < -0.39 is 0 Å². The lowest BCUT2D eigenvalue weighted by molar-refractivity contribution is -0.122. The summed E-state index contributed by atoms with van der Waals surface area (Å²) in [4.78, 5) is 14.1. The zero-order chi connectivity index (χ0) is 14.5. The van der Waals surface area contributed by atoms with E-state index in [1.54, 1.807) is 12.1 Å². The largest absolute Gasteiger partial charge is 0.348 e.